The Morgan fingerprint density at radius 1 is 1.15 bits per heavy atom. The molecule has 1 aromatic heterocycles. The molecule has 1 N–H and O–H groups in total. The summed E-state index contributed by atoms with van der Waals surface area (Å²) < 4.78 is 25.1. The summed E-state index contributed by atoms with van der Waals surface area (Å²) in [6.07, 6.45) is 4.05. The first-order valence-electron chi connectivity index (χ1n) is 9.14. The Morgan fingerprint density at radius 2 is 1.77 bits per heavy atom. The molecule has 0 amide bonds. The zero-order valence-electron chi connectivity index (χ0n) is 15.8. The van der Waals surface area contributed by atoms with Crippen LogP contribution >= 0.6 is 0 Å². The van der Waals surface area contributed by atoms with Gasteiger partial charge in [0, 0.05) is 18.1 Å². The van der Waals surface area contributed by atoms with Gasteiger partial charge in [0.2, 0.25) is 0 Å². The fourth-order valence-corrected chi connectivity index (χ4v) is 3.86. The third kappa shape index (κ3) is 3.69. The molecule has 142 valence electrons. The second kappa shape index (κ2) is 7.12. The Hall–Kier alpha value is -1.73. The number of hydrogen-bond donors (Lipinski definition) is 1. The molecule has 0 aliphatic heterocycles. The number of aliphatic hydroxyl groups excluding tert-OH is 1. The van der Waals surface area contributed by atoms with Gasteiger partial charge in [0.1, 0.15) is 5.82 Å². The minimum atomic E-state index is -3.24. The van der Waals surface area contributed by atoms with Gasteiger partial charge < -0.3 is 5.11 Å². The van der Waals surface area contributed by atoms with Crippen molar-refractivity contribution in [2.75, 3.05) is 6.26 Å². The summed E-state index contributed by atoms with van der Waals surface area (Å²) in [4.78, 5) is 5.03. The highest BCUT2D eigenvalue weighted by Crippen LogP contribution is 2.36. The van der Waals surface area contributed by atoms with Gasteiger partial charge in [0.25, 0.3) is 0 Å². The summed E-state index contributed by atoms with van der Waals surface area (Å²) in [5.41, 5.74) is 0.758. The number of benzene rings is 1. The predicted molar refractivity (Wildman–Crippen MR) is 100 cm³/mol. The van der Waals surface area contributed by atoms with Gasteiger partial charge in [-0.15, -0.1) is 0 Å². The summed E-state index contributed by atoms with van der Waals surface area (Å²) in [7, 11) is -3.24. The molecule has 1 fully saturated rings. The van der Waals surface area contributed by atoms with E-state index in [4.69, 9.17) is 10.1 Å². The van der Waals surface area contributed by atoms with Crippen LogP contribution in [0.2, 0.25) is 0 Å². The lowest BCUT2D eigenvalue weighted by atomic mass is 9.85. The summed E-state index contributed by atoms with van der Waals surface area (Å²) >= 11 is 0. The summed E-state index contributed by atoms with van der Waals surface area (Å²) in [5.74, 6) is 1.86. The first-order valence-corrected chi connectivity index (χ1v) is 11.0. The molecule has 2 atom stereocenters. The Morgan fingerprint density at radius 3 is 2.23 bits per heavy atom. The smallest absolute Gasteiger partial charge is 0.175 e. The van der Waals surface area contributed by atoms with Gasteiger partial charge in [-0.3, -0.25) is 0 Å². The van der Waals surface area contributed by atoms with Crippen molar-refractivity contribution in [3.63, 3.8) is 0 Å². The highest BCUT2D eigenvalue weighted by atomic mass is 32.2. The molecule has 1 aliphatic rings. The number of aliphatic hydroxyl groups is 1. The number of sulfone groups is 1. The molecule has 26 heavy (non-hydrogen) atoms. The van der Waals surface area contributed by atoms with Crippen molar-refractivity contribution < 1.29 is 13.5 Å². The third-order valence-corrected chi connectivity index (χ3v) is 6.36. The van der Waals surface area contributed by atoms with Crippen molar-refractivity contribution in [3.05, 3.63) is 35.9 Å². The molecule has 0 radical (unpaired) electrons. The van der Waals surface area contributed by atoms with Gasteiger partial charge in [-0.05, 0) is 43.0 Å². The average Bonchev–Trinajstić information content (AvgIpc) is 2.95. The summed E-state index contributed by atoms with van der Waals surface area (Å²) in [6.45, 7) is 5.92. The van der Waals surface area contributed by atoms with Crippen molar-refractivity contribution >= 4 is 9.84 Å². The molecule has 0 spiro atoms. The highest BCUT2D eigenvalue weighted by molar-refractivity contribution is 7.90. The maximum atomic E-state index is 11.7. The van der Waals surface area contributed by atoms with Gasteiger partial charge in [0.15, 0.2) is 15.7 Å². The minimum Gasteiger partial charge on any atom is -0.392 e. The van der Waals surface area contributed by atoms with Crippen LogP contribution < -0.4 is 0 Å². The molecular formula is C19H27N3O3S. The molecule has 0 bridgehead atoms. The van der Waals surface area contributed by atoms with Crippen molar-refractivity contribution in [2.24, 2.45) is 5.92 Å². The maximum Gasteiger partial charge on any atom is 0.175 e. The second-order valence-electron chi connectivity index (χ2n) is 7.66. The van der Waals surface area contributed by atoms with Crippen LogP contribution in [0.25, 0.3) is 5.69 Å². The van der Waals surface area contributed by atoms with E-state index in [0.717, 1.165) is 30.2 Å². The molecule has 6 nitrogen and oxygen atoms in total. The van der Waals surface area contributed by atoms with Crippen LogP contribution in [0.15, 0.2) is 29.2 Å². The number of rotatable bonds is 6. The monoisotopic (exact) mass is 377 g/mol. The van der Waals surface area contributed by atoms with Crippen LogP contribution in [0.5, 0.6) is 0 Å². The average molecular weight is 378 g/mol. The topological polar surface area (TPSA) is 85.1 Å². The molecule has 1 aliphatic carbocycles. The Labute approximate surface area is 155 Å². The molecule has 2 aromatic rings. The predicted octanol–water partition coefficient (Wildman–Crippen LogP) is 3.06. The van der Waals surface area contributed by atoms with Gasteiger partial charge in [0.05, 0.1) is 16.7 Å². The van der Waals surface area contributed by atoms with E-state index >= 15 is 0 Å². The quantitative estimate of drug-likeness (QED) is 0.836. The Bertz CT molecular complexity index is 868. The number of hydrogen-bond acceptors (Lipinski definition) is 5. The van der Waals surface area contributed by atoms with Crippen LogP contribution in [-0.4, -0.2) is 40.6 Å². The Balaban J connectivity index is 2.02. The summed E-state index contributed by atoms with van der Waals surface area (Å²) in [5, 5.41) is 15.2. The first kappa shape index (κ1) is 19.0. The van der Waals surface area contributed by atoms with E-state index in [-0.39, 0.29) is 16.7 Å². The SMILES string of the molecule is CC(C)[C@H](O)[C@@H](C)c1nc(C2CCC2)nn1-c1ccc(S(C)(=O)=O)cc1. The van der Waals surface area contributed by atoms with Gasteiger partial charge in [-0.2, -0.15) is 5.10 Å². The van der Waals surface area contributed by atoms with Crippen molar-refractivity contribution in [1.82, 2.24) is 14.8 Å². The molecule has 1 aromatic carbocycles. The zero-order valence-corrected chi connectivity index (χ0v) is 16.6. The Kier molecular flexibility index (Phi) is 5.21. The maximum absolute atomic E-state index is 11.7. The normalized spacial score (nSPS) is 17.9. The van der Waals surface area contributed by atoms with Crippen LogP contribution in [0.4, 0.5) is 0 Å². The summed E-state index contributed by atoms with van der Waals surface area (Å²) in [6, 6.07) is 6.66. The number of nitrogens with zero attached hydrogens (tertiary/aromatic N) is 3. The molecule has 1 heterocycles. The van der Waals surface area contributed by atoms with Crippen LogP contribution in [0, 0.1) is 5.92 Å². The van der Waals surface area contributed by atoms with Gasteiger partial charge in [-0.1, -0.05) is 27.2 Å². The minimum absolute atomic E-state index is 0.106. The lowest BCUT2D eigenvalue weighted by molar-refractivity contribution is 0.0983. The van der Waals surface area contributed by atoms with Gasteiger partial charge in [-0.25, -0.2) is 18.1 Å². The van der Waals surface area contributed by atoms with E-state index < -0.39 is 15.9 Å². The lowest BCUT2D eigenvalue weighted by Gasteiger charge is -2.22. The first-order chi connectivity index (χ1) is 12.2. The van der Waals surface area contributed by atoms with Crippen LogP contribution in [0.3, 0.4) is 0 Å². The standard InChI is InChI=1S/C19H27N3O3S/c1-12(2)17(23)13(3)19-20-18(14-6-5-7-14)21-22(19)15-8-10-16(11-9-15)26(4,24)25/h8-14,17,23H,5-7H2,1-4H3/t13-,17+/m1/s1. The molecule has 0 saturated heterocycles. The van der Waals surface area contributed by atoms with E-state index in [1.54, 1.807) is 28.9 Å². The largest absolute Gasteiger partial charge is 0.392 e. The van der Waals surface area contributed by atoms with Crippen molar-refractivity contribution in [2.45, 2.75) is 62.9 Å². The van der Waals surface area contributed by atoms with Crippen molar-refractivity contribution in [1.29, 1.82) is 0 Å². The van der Waals surface area contributed by atoms with E-state index in [0.29, 0.717) is 5.92 Å². The van der Waals surface area contributed by atoms with E-state index in [9.17, 15) is 13.5 Å². The molecular weight excluding hydrogens is 350 g/mol. The van der Waals surface area contributed by atoms with E-state index in [2.05, 4.69) is 0 Å². The van der Waals surface area contributed by atoms with E-state index in [1.807, 2.05) is 20.8 Å². The van der Waals surface area contributed by atoms with Crippen LogP contribution in [-0.2, 0) is 9.84 Å². The van der Waals surface area contributed by atoms with Gasteiger partial charge >= 0.3 is 0 Å². The van der Waals surface area contributed by atoms with E-state index in [1.165, 1.54) is 12.7 Å². The molecule has 3 rings (SSSR count). The molecule has 1 saturated carbocycles. The van der Waals surface area contributed by atoms with Crippen molar-refractivity contribution in [3.8, 4) is 5.69 Å². The fourth-order valence-electron chi connectivity index (χ4n) is 3.23. The zero-order chi connectivity index (χ0) is 19.1. The highest BCUT2D eigenvalue weighted by Gasteiger charge is 2.30. The fraction of sp³-hybridized carbons (Fsp3) is 0.579. The second-order valence-corrected chi connectivity index (χ2v) is 9.67. The molecule has 0 unspecified atom stereocenters. The molecule has 7 heteroatoms. The lowest BCUT2D eigenvalue weighted by Crippen LogP contribution is -2.24. The van der Waals surface area contributed by atoms with Crippen LogP contribution in [0.1, 0.15) is 63.5 Å². The number of aromatic nitrogens is 3. The third-order valence-electron chi connectivity index (χ3n) is 5.23.